The summed E-state index contributed by atoms with van der Waals surface area (Å²) in [5.74, 6) is -2.09. The van der Waals surface area contributed by atoms with E-state index in [1.54, 1.807) is 6.07 Å². The van der Waals surface area contributed by atoms with Gasteiger partial charge in [-0.1, -0.05) is 38.1 Å². The fourth-order valence-electron chi connectivity index (χ4n) is 2.38. The first-order chi connectivity index (χ1) is 11.8. The maximum absolute atomic E-state index is 13.1. The van der Waals surface area contributed by atoms with Crippen LogP contribution in [0.4, 0.5) is 15.8 Å². The zero-order valence-corrected chi connectivity index (χ0v) is 14.9. The van der Waals surface area contributed by atoms with Crippen molar-refractivity contribution in [1.82, 2.24) is 0 Å². The smallest absolute Gasteiger partial charge is 0.233 e. The number of carbonyl (C=O) groups is 1. The highest BCUT2D eigenvalue weighted by Gasteiger charge is 2.22. The number of nitrogens with one attached hydrogen (secondary N) is 2. The fraction of sp³-hybridized carbons (Fsp3) is 0.278. The lowest BCUT2D eigenvalue weighted by Gasteiger charge is -2.15. The van der Waals surface area contributed by atoms with E-state index in [2.05, 4.69) is 10.0 Å². The van der Waals surface area contributed by atoms with E-state index in [4.69, 9.17) is 0 Å². The molecule has 0 saturated heterocycles. The van der Waals surface area contributed by atoms with Crippen LogP contribution in [0, 0.1) is 11.7 Å². The molecular weight excluding hydrogens is 343 g/mol. The quantitative estimate of drug-likeness (QED) is 0.791. The van der Waals surface area contributed by atoms with Gasteiger partial charge in [-0.2, -0.15) is 0 Å². The predicted octanol–water partition coefficient (Wildman–Crippen LogP) is 3.40. The molecule has 1 amide bonds. The summed E-state index contributed by atoms with van der Waals surface area (Å²) >= 11 is 0. The number of para-hydroxylation sites is 1. The summed E-state index contributed by atoms with van der Waals surface area (Å²) in [6.07, 6.45) is 0.754. The van der Waals surface area contributed by atoms with E-state index in [9.17, 15) is 17.6 Å². The van der Waals surface area contributed by atoms with Gasteiger partial charge in [-0.3, -0.25) is 9.52 Å². The Bertz CT molecular complexity index is 853. The third-order valence-electron chi connectivity index (χ3n) is 3.67. The Hall–Kier alpha value is -2.41. The van der Waals surface area contributed by atoms with E-state index in [-0.39, 0.29) is 11.6 Å². The molecule has 0 aromatic heterocycles. The maximum Gasteiger partial charge on any atom is 0.233 e. The summed E-state index contributed by atoms with van der Waals surface area (Å²) in [4.78, 5) is 12.3. The Morgan fingerprint density at radius 2 is 1.88 bits per heavy atom. The van der Waals surface area contributed by atoms with Gasteiger partial charge in [-0.25, -0.2) is 12.8 Å². The topological polar surface area (TPSA) is 75.3 Å². The summed E-state index contributed by atoms with van der Waals surface area (Å²) in [6, 6.07) is 12.5. The number of anilines is 2. The molecule has 0 fully saturated rings. The third-order valence-corrected chi connectivity index (χ3v) is 5.16. The van der Waals surface area contributed by atoms with Crippen LogP contribution in [0.5, 0.6) is 0 Å². The van der Waals surface area contributed by atoms with Gasteiger partial charge in [0.25, 0.3) is 0 Å². The van der Waals surface area contributed by atoms with Crippen molar-refractivity contribution in [2.75, 3.05) is 15.8 Å². The lowest BCUT2D eigenvalue weighted by molar-refractivity contribution is -0.118. The Kier molecular flexibility index (Phi) is 6.14. The highest BCUT2D eigenvalue weighted by Crippen LogP contribution is 2.17. The number of amides is 1. The van der Waals surface area contributed by atoms with E-state index < -0.39 is 27.5 Å². The zero-order chi connectivity index (χ0) is 18.4. The van der Waals surface area contributed by atoms with Crippen LogP contribution in [0.1, 0.15) is 19.4 Å². The van der Waals surface area contributed by atoms with Crippen molar-refractivity contribution < 1.29 is 17.6 Å². The first-order valence-electron chi connectivity index (χ1n) is 7.95. The van der Waals surface area contributed by atoms with E-state index in [1.165, 1.54) is 25.1 Å². The molecule has 2 rings (SSSR count). The molecule has 0 aliphatic heterocycles. The van der Waals surface area contributed by atoms with Gasteiger partial charge in [-0.15, -0.1) is 0 Å². The lowest BCUT2D eigenvalue weighted by atomic mass is 10.1. The Morgan fingerprint density at radius 3 is 2.56 bits per heavy atom. The van der Waals surface area contributed by atoms with Crippen LogP contribution in [-0.4, -0.2) is 20.1 Å². The molecule has 1 atom stereocenters. The third kappa shape index (κ3) is 5.56. The maximum atomic E-state index is 13.1. The molecule has 134 valence electrons. The van der Waals surface area contributed by atoms with Gasteiger partial charge < -0.3 is 5.32 Å². The normalized spacial score (nSPS) is 12.4. The van der Waals surface area contributed by atoms with E-state index in [0.717, 1.165) is 18.1 Å². The van der Waals surface area contributed by atoms with E-state index in [1.807, 2.05) is 25.1 Å². The van der Waals surface area contributed by atoms with Crippen LogP contribution in [0.15, 0.2) is 48.5 Å². The number of sulfonamides is 1. The van der Waals surface area contributed by atoms with Crippen LogP contribution in [-0.2, 0) is 21.2 Å². The van der Waals surface area contributed by atoms with Gasteiger partial charge in [0.05, 0.1) is 17.4 Å². The molecule has 2 aromatic rings. The number of hydrogen-bond acceptors (Lipinski definition) is 3. The second-order valence-corrected chi connectivity index (χ2v) is 7.56. The number of benzene rings is 2. The van der Waals surface area contributed by atoms with Crippen LogP contribution in [0.3, 0.4) is 0 Å². The Morgan fingerprint density at radius 1 is 1.16 bits per heavy atom. The van der Waals surface area contributed by atoms with Gasteiger partial charge in [0.1, 0.15) is 5.82 Å². The summed E-state index contributed by atoms with van der Waals surface area (Å²) < 4.78 is 39.8. The number of carbonyl (C=O) groups excluding carboxylic acids is 1. The average molecular weight is 364 g/mol. The van der Waals surface area contributed by atoms with Crippen LogP contribution < -0.4 is 10.0 Å². The first kappa shape index (κ1) is 18.9. The van der Waals surface area contributed by atoms with Crippen LogP contribution in [0.2, 0.25) is 0 Å². The summed E-state index contributed by atoms with van der Waals surface area (Å²) in [7, 11) is -3.78. The van der Waals surface area contributed by atoms with Gasteiger partial charge in [0.2, 0.25) is 15.9 Å². The summed E-state index contributed by atoms with van der Waals surface area (Å²) in [6.45, 7) is 3.51. The van der Waals surface area contributed by atoms with Gasteiger partial charge in [-0.05, 0) is 36.2 Å². The van der Waals surface area contributed by atoms with E-state index >= 15 is 0 Å². The molecule has 0 bridgehead atoms. The van der Waals surface area contributed by atoms with Gasteiger partial charge in [0, 0.05) is 5.69 Å². The molecule has 0 radical (unpaired) electrons. The largest absolute Gasteiger partial charge is 0.326 e. The van der Waals surface area contributed by atoms with Gasteiger partial charge in [0.15, 0.2) is 0 Å². The molecule has 7 heteroatoms. The average Bonchev–Trinajstić information content (AvgIpc) is 2.54. The molecule has 0 aliphatic rings. The number of halogens is 1. The molecule has 0 heterocycles. The van der Waals surface area contributed by atoms with Crippen molar-refractivity contribution in [2.45, 2.75) is 20.3 Å². The molecule has 5 nitrogen and oxygen atoms in total. The Labute approximate surface area is 147 Å². The van der Waals surface area contributed by atoms with Crippen molar-refractivity contribution in [3.8, 4) is 0 Å². The number of aryl methyl sites for hydroxylation is 1. The van der Waals surface area contributed by atoms with E-state index in [0.29, 0.717) is 5.69 Å². The number of hydrogen-bond donors (Lipinski definition) is 2. The zero-order valence-electron chi connectivity index (χ0n) is 14.1. The lowest BCUT2D eigenvalue weighted by Crippen LogP contribution is -2.30. The second-order valence-electron chi connectivity index (χ2n) is 5.79. The van der Waals surface area contributed by atoms with Crippen molar-refractivity contribution in [3.05, 3.63) is 59.9 Å². The van der Waals surface area contributed by atoms with Crippen molar-refractivity contribution in [1.29, 1.82) is 0 Å². The second kappa shape index (κ2) is 8.11. The van der Waals surface area contributed by atoms with Crippen molar-refractivity contribution >= 4 is 27.3 Å². The van der Waals surface area contributed by atoms with Crippen LogP contribution in [0.25, 0.3) is 0 Å². The SMILES string of the molecule is CCc1ccccc1NC(=O)C(C)CS(=O)(=O)Nc1cccc(F)c1. The first-order valence-corrected chi connectivity index (χ1v) is 9.61. The minimum atomic E-state index is -3.78. The number of rotatable bonds is 7. The van der Waals surface area contributed by atoms with Crippen LogP contribution >= 0.6 is 0 Å². The predicted molar refractivity (Wildman–Crippen MR) is 97.4 cm³/mol. The highest BCUT2D eigenvalue weighted by atomic mass is 32.2. The van der Waals surface area contributed by atoms with Gasteiger partial charge >= 0.3 is 0 Å². The molecule has 0 spiro atoms. The molecule has 2 N–H and O–H groups in total. The molecule has 2 aromatic carbocycles. The summed E-state index contributed by atoms with van der Waals surface area (Å²) in [5.41, 5.74) is 1.78. The molecular formula is C18H21FN2O3S. The Balaban J connectivity index is 2.02. The molecule has 25 heavy (non-hydrogen) atoms. The van der Waals surface area contributed by atoms with Crippen molar-refractivity contribution in [3.63, 3.8) is 0 Å². The molecule has 1 unspecified atom stereocenters. The standard InChI is InChI=1S/C18H21FN2O3S/c1-3-14-7-4-5-10-17(14)20-18(22)13(2)12-25(23,24)21-16-9-6-8-15(19)11-16/h4-11,13,21H,3,12H2,1-2H3,(H,20,22). The minimum Gasteiger partial charge on any atom is -0.326 e. The minimum absolute atomic E-state index is 0.129. The fourth-order valence-corrected chi connectivity index (χ4v) is 3.76. The molecule has 0 saturated carbocycles. The highest BCUT2D eigenvalue weighted by molar-refractivity contribution is 7.92. The summed E-state index contributed by atoms with van der Waals surface area (Å²) in [5, 5.41) is 2.77. The van der Waals surface area contributed by atoms with Crippen molar-refractivity contribution in [2.24, 2.45) is 5.92 Å². The molecule has 0 aliphatic carbocycles. The monoisotopic (exact) mass is 364 g/mol.